The Hall–Kier alpha value is -2.35. The molecule has 0 unspecified atom stereocenters. The second-order valence-corrected chi connectivity index (χ2v) is 5.73. The molecule has 0 radical (unpaired) electrons. The number of nitriles is 1. The van der Waals surface area contributed by atoms with Gasteiger partial charge in [0.1, 0.15) is 11.3 Å². The molecule has 22 heavy (non-hydrogen) atoms. The quantitative estimate of drug-likeness (QED) is 0.784. The van der Waals surface area contributed by atoms with Gasteiger partial charge in [0.15, 0.2) is 12.4 Å². The molecule has 0 heterocycles. The molecule has 0 spiro atoms. The van der Waals surface area contributed by atoms with E-state index < -0.39 is 5.54 Å². The fourth-order valence-electron chi connectivity index (χ4n) is 2.30. The SMILES string of the molecule is CCC(=O)c1ccc(OCC(=O)N[C@](C)(C#N)C2CC2)cc1. The van der Waals surface area contributed by atoms with E-state index in [2.05, 4.69) is 11.4 Å². The average Bonchev–Trinajstić information content (AvgIpc) is 3.38. The van der Waals surface area contributed by atoms with Crippen molar-refractivity contribution in [1.82, 2.24) is 5.32 Å². The van der Waals surface area contributed by atoms with Crippen molar-refractivity contribution in [3.05, 3.63) is 29.8 Å². The lowest BCUT2D eigenvalue weighted by Gasteiger charge is -2.22. The fourth-order valence-corrected chi connectivity index (χ4v) is 2.30. The topological polar surface area (TPSA) is 79.2 Å². The molecule has 1 aromatic carbocycles. The highest BCUT2D eigenvalue weighted by molar-refractivity contribution is 5.95. The van der Waals surface area contributed by atoms with Crippen LogP contribution in [-0.4, -0.2) is 23.8 Å². The van der Waals surface area contributed by atoms with E-state index in [-0.39, 0.29) is 24.2 Å². The van der Waals surface area contributed by atoms with Crippen LogP contribution in [0.25, 0.3) is 0 Å². The predicted octanol–water partition coefficient (Wildman–Crippen LogP) is 2.47. The van der Waals surface area contributed by atoms with Crippen LogP contribution in [0, 0.1) is 17.2 Å². The van der Waals surface area contributed by atoms with Crippen LogP contribution in [0.4, 0.5) is 0 Å². The second kappa shape index (κ2) is 6.61. The van der Waals surface area contributed by atoms with E-state index in [4.69, 9.17) is 4.74 Å². The van der Waals surface area contributed by atoms with Crippen LogP contribution >= 0.6 is 0 Å². The highest BCUT2D eigenvalue weighted by Crippen LogP contribution is 2.39. The van der Waals surface area contributed by atoms with Crippen LogP contribution in [0.1, 0.15) is 43.5 Å². The van der Waals surface area contributed by atoms with E-state index in [1.54, 1.807) is 31.2 Å². The normalized spacial score (nSPS) is 16.2. The van der Waals surface area contributed by atoms with Gasteiger partial charge in [0, 0.05) is 12.0 Å². The van der Waals surface area contributed by atoms with E-state index in [1.807, 2.05) is 6.92 Å². The zero-order valence-corrected chi connectivity index (χ0v) is 12.9. The molecule has 1 N–H and O–H groups in total. The van der Waals surface area contributed by atoms with Gasteiger partial charge in [-0.1, -0.05) is 6.92 Å². The first-order chi connectivity index (χ1) is 10.5. The van der Waals surface area contributed by atoms with Crippen molar-refractivity contribution in [2.45, 2.75) is 38.6 Å². The third-order valence-corrected chi connectivity index (χ3v) is 3.89. The third-order valence-electron chi connectivity index (χ3n) is 3.89. The monoisotopic (exact) mass is 300 g/mol. The third kappa shape index (κ3) is 3.85. The van der Waals surface area contributed by atoms with Gasteiger partial charge in [-0.25, -0.2) is 0 Å². The van der Waals surface area contributed by atoms with Crippen molar-refractivity contribution in [2.24, 2.45) is 5.92 Å². The van der Waals surface area contributed by atoms with Gasteiger partial charge >= 0.3 is 0 Å². The largest absolute Gasteiger partial charge is 0.484 e. The van der Waals surface area contributed by atoms with Crippen LogP contribution in [0.15, 0.2) is 24.3 Å². The Labute approximate surface area is 130 Å². The molecule has 1 saturated carbocycles. The number of rotatable bonds is 7. The van der Waals surface area contributed by atoms with E-state index in [1.165, 1.54) is 0 Å². The first-order valence-electron chi connectivity index (χ1n) is 7.47. The van der Waals surface area contributed by atoms with Crippen LogP contribution in [0.5, 0.6) is 5.75 Å². The summed E-state index contributed by atoms with van der Waals surface area (Å²) in [5.41, 5.74) is -0.178. The average molecular weight is 300 g/mol. The van der Waals surface area contributed by atoms with Crippen molar-refractivity contribution in [3.63, 3.8) is 0 Å². The Balaban J connectivity index is 1.86. The van der Waals surface area contributed by atoms with Crippen molar-refractivity contribution >= 4 is 11.7 Å². The Kier molecular flexibility index (Phi) is 4.81. The molecule has 0 bridgehead atoms. The number of hydrogen-bond donors (Lipinski definition) is 1. The molecule has 5 heteroatoms. The molecule has 116 valence electrons. The van der Waals surface area contributed by atoms with Gasteiger partial charge in [-0.2, -0.15) is 5.26 Å². The number of ketones is 1. The molecule has 0 aromatic heterocycles. The minimum atomic E-state index is -0.808. The number of hydrogen-bond acceptors (Lipinski definition) is 4. The van der Waals surface area contributed by atoms with Crippen LogP contribution < -0.4 is 10.1 Å². The van der Waals surface area contributed by atoms with Crippen molar-refractivity contribution in [1.29, 1.82) is 5.26 Å². The molecule has 1 aliphatic carbocycles. The summed E-state index contributed by atoms with van der Waals surface area (Å²) in [6.45, 7) is 3.40. The molecular formula is C17H20N2O3. The summed E-state index contributed by atoms with van der Waals surface area (Å²) in [5, 5.41) is 11.9. The predicted molar refractivity (Wildman–Crippen MR) is 81.4 cm³/mol. The Morgan fingerprint density at radius 1 is 1.36 bits per heavy atom. The lowest BCUT2D eigenvalue weighted by molar-refractivity contribution is -0.124. The minimum Gasteiger partial charge on any atom is -0.484 e. The Morgan fingerprint density at radius 2 is 2.00 bits per heavy atom. The van der Waals surface area contributed by atoms with Crippen molar-refractivity contribution < 1.29 is 14.3 Å². The summed E-state index contributed by atoms with van der Waals surface area (Å²) in [6, 6.07) is 8.87. The molecule has 1 fully saturated rings. The van der Waals surface area contributed by atoms with Crippen molar-refractivity contribution in [2.75, 3.05) is 6.61 Å². The lowest BCUT2D eigenvalue weighted by Crippen LogP contribution is -2.48. The number of nitrogens with one attached hydrogen (secondary N) is 1. The highest BCUT2D eigenvalue weighted by atomic mass is 16.5. The fraction of sp³-hybridized carbons (Fsp3) is 0.471. The smallest absolute Gasteiger partial charge is 0.259 e. The van der Waals surface area contributed by atoms with Crippen LogP contribution in [-0.2, 0) is 4.79 Å². The van der Waals surface area contributed by atoms with Gasteiger partial charge in [-0.05, 0) is 49.9 Å². The first kappa shape index (κ1) is 16.0. The first-order valence-corrected chi connectivity index (χ1v) is 7.47. The molecular weight excluding hydrogens is 280 g/mol. The van der Waals surface area contributed by atoms with E-state index in [9.17, 15) is 14.9 Å². The maximum Gasteiger partial charge on any atom is 0.259 e. The molecule has 1 aliphatic rings. The second-order valence-electron chi connectivity index (χ2n) is 5.73. The number of carbonyl (C=O) groups is 2. The molecule has 0 aliphatic heterocycles. The summed E-state index contributed by atoms with van der Waals surface area (Å²) in [7, 11) is 0. The summed E-state index contributed by atoms with van der Waals surface area (Å²) < 4.78 is 5.39. The van der Waals surface area contributed by atoms with Gasteiger partial charge in [-0.3, -0.25) is 9.59 Å². The lowest BCUT2D eigenvalue weighted by atomic mass is 9.98. The number of benzene rings is 1. The van der Waals surface area contributed by atoms with Gasteiger partial charge in [-0.15, -0.1) is 0 Å². The summed E-state index contributed by atoms with van der Waals surface area (Å²) in [4.78, 5) is 23.4. The van der Waals surface area contributed by atoms with Gasteiger partial charge < -0.3 is 10.1 Å². The number of carbonyl (C=O) groups excluding carboxylic acids is 2. The van der Waals surface area contributed by atoms with Gasteiger partial charge in [0.05, 0.1) is 6.07 Å². The van der Waals surface area contributed by atoms with Crippen LogP contribution in [0.3, 0.4) is 0 Å². The van der Waals surface area contributed by atoms with E-state index in [0.29, 0.717) is 17.7 Å². The zero-order chi connectivity index (χ0) is 16.2. The minimum absolute atomic E-state index is 0.0681. The number of ether oxygens (including phenoxy) is 1. The van der Waals surface area contributed by atoms with E-state index >= 15 is 0 Å². The molecule has 1 amide bonds. The van der Waals surface area contributed by atoms with Crippen molar-refractivity contribution in [3.8, 4) is 11.8 Å². The molecule has 0 saturated heterocycles. The maximum atomic E-state index is 11.9. The van der Waals surface area contributed by atoms with E-state index in [0.717, 1.165) is 12.8 Å². The van der Waals surface area contributed by atoms with Gasteiger partial charge in [0.2, 0.25) is 0 Å². The molecule has 1 atom stereocenters. The van der Waals surface area contributed by atoms with Crippen LogP contribution in [0.2, 0.25) is 0 Å². The number of Topliss-reactive ketones (excluding diaryl/α,β-unsaturated/α-hetero) is 1. The molecule has 1 aromatic rings. The molecule has 2 rings (SSSR count). The molecule has 5 nitrogen and oxygen atoms in total. The maximum absolute atomic E-state index is 11.9. The summed E-state index contributed by atoms with van der Waals surface area (Å²) >= 11 is 0. The highest BCUT2D eigenvalue weighted by Gasteiger charge is 2.43. The summed E-state index contributed by atoms with van der Waals surface area (Å²) in [6.07, 6.45) is 2.40. The Bertz CT molecular complexity index is 599. The zero-order valence-electron chi connectivity index (χ0n) is 12.9. The van der Waals surface area contributed by atoms with Gasteiger partial charge in [0.25, 0.3) is 5.91 Å². The number of amides is 1. The summed E-state index contributed by atoms with van der Waals surface area (Å²) in [5.74, 6) is 0.511. The standard InChI is InChI=1S/C17H20N2O3/c1-3-15(20)12-4-8-14(9-5-12)22-10-16(21)19-17(2,11-18)13-6-7-13/h4-5,8-9,13H,3,6-7,10H2,1-2H3,(H,19,21)/t17-/m1/s1. The Morgan fingerprint density at radius 3 is 2.50 bits per heavy atom. The number of nitrogens with zero attached hydrogens (tertiary/aromatic N) is 1.